The van der Waals surface area contributed by atoms with Crippen molar-refractivity contribution >= 4 is 32.5 Å². The highest BCUT2D eigenvalue weighted by Gasteiger charge is 2.10. The Morgan fingerprint density at radius 1 is 1.35 bits per heavy atom. The summed E-state index contributed by atoms with van der Waals surface area (Å²) in [7, 11) is 1.84. The molecule has 2 nitrogen and oxygen atoms in total. The van der Waals surface area contributed by atoms with Crippen molar-refractivity contribution in [1.29, 1.82) is 0 Å². The fourth-order valence-corrected chi connectivity index (χ4v) is 2.33. The number of anilines is 1. The van der Waals surface area contributed by atoms with Gasteiger partial charge in [0.15, 0.2) is 5.82 Å². The minimum Gasteiger partial charge on any atom is -0.388 e. The van der Waals surface area contributed by atoms with Crippen molar-refractivity contribution in [2.75, 3.05) is 12.4 Å². The Morgan fingerprint density at radius 2 is 2.12 bits per heavy atom. The van der Waals surface area contributed by atoms with Gasteiger partial charge in [-0.25, -0.2) is 9.37 Å². The Kier molecular flexibility index (Phi) is 3.62. The molecule has 0 aliphatic carbocycles. The van der Waals surface area contributed by atoms with Gasteiger partial charge in [-0.1, -0.05) is 29.3 Å². The molecular formula is C13H14BrFN2. The molecule has 2 aromatic rings. The van der Waals surface area contributed by atoms with Gasteiger partial charge in [0.25, 0.3) is 0 Å². The van der Waals surface area contributed by atoms with Gasteiger partial charge in [-0.2, -0.15) is 0 Å². The zero-order valence-corrected chi connectivity index (χ0v) is 11.4. The Hall–Kier alpha value is -1.16. The number of nitrogens with zero attached hydrogens (tertiary/aromatic N) is 1. The fourth-order valence-electron chi connectivity index (χ4n) is 1.90. The van der Waals surface area contributed by atoms with Crippen molar-refractivity contribution in [2.45, 2.75) is 19.8 Å². The minimum absolute atomic E-state index is 0.288. The van der Waals surface area contributed by atoms with E-state index in [0.29, 0.717) is 5.52 Å². The molecule has 0 unspecified atom stereocenters. The smallest absolute Gasteiger partial charge is 0.150 e. The first kappa shape index (κ1) is 12.3. The first-order chi connectivity index (χ1) is 8.15. The molecule has 0 radical (unpaired) electrons. The molecule has 0 atom stereocenters. The van der Waals surface area contributed by atoms with Crippen molar-refractivity contribution in [3.8, 4) is 0 Å². The SMILES string of the molecule is CCCc1cc(NC)c2cc(Br)cc(F)c2n1. The van der Waals surface area contributed by atoms with Crippen LogP contribution in [-0.2, 0) is 6.42 Å². The van der Waals surface area contributed by atoms with Crippen molar-refractivity contribution in [2.24, 2.45) is 0 Å². The Balaban J connectivity index is 2.73. The van der Waals surface area contributed by atoms with Gasteiger partial charge in [-0.15, -0.1) is 0 Å². The maximum Gasteiger partial charge on any atom is 0.150 e. The minimum atomic E-state index is -0.288. The van der Waals surface area contributed by atoms with Crippen molar-refractivity contribution < 1.29 is 4.39 Å². The van der Waals surface area contributed by atoms with Gasteiger partial charge in [0.2, 0.25) is 0 Å². The third kappa shape index (κ3) is 2.41. The van der Waals surface area contributed by atoms with Crippen LogP contribution in [0.25, 0.3) is 10.9 Å². The molecule has 0 saturated carbocycles. The topological polar surface area (TPSA) is 24.9 Å². The van der Waals surface area contributed by atoms with Gasteiger partial charge < -0.3 is 5.32 Å². The third-order valence-corrected chi connectivity index (χ3v) is 3.12. The molecule has 1 heterocycles. The van der Waals surface area contributed by atoms with E-state index in [1.807, 2.05) is 19.2 Å². The van der Waals surface area contributed by atoms with Crippen LogP contribution in [0.3, 0.4) is 0 Å². The number of hydrogen-bond acceptors (Lipinski definition) is 2. The lowest BCUT2D eigenvalue weighted by molar-refractivity contribution is 0.635. The molecule has 0 fully saturated rings. The highest BCUT2D eigenvalue weighted by atomic mass is 79.9. The second-order valence-electron chi connectivity index (χ2n) is 3.94. The van der Waals surface area contributed by atoms with Crippen LogP contribution in [0, 0.1) is 5.82 Å². The molecule has 0 bridgehead atoms. The van der Waals surface area contributed by atoms with Gasteiger partial charge in [0, 0.05) is 28.3 Å². The number of halogens is 2. The van der Waals surface area contributed by atoms with Gasteiger partial charge in [-0.05, 0) is 24.6 Å². The van der Waals surface area contributed by atoms with Crippen LogP contribution in [0.4, 0.5) is 10.1 Å². The average molecular weight is 297 g/mol. The number of nitrogens with one attached hydrogen (secondary N) is 1. The van der Waals surface area contributed by atoms with Gasteiger partial charge in [-0.3, -0.25) is 0 Å². The van der Waals surface area contributed by atoms with Crippen LogP contribution in [0.1, 0.15) is 19.0 Å². The van der Waals surface area contributed by atoms with Crippen LogP contribution >= 0.6 is 15.9 Å². The number of aromatic nitrogens is 1. The summed E-state index contributed by atoms with van der Waals surface area (Å²) >= 11 is 3.30. The summed E-state index contributed by atoms with van der Waals surface area (Å²) in [5, 5.41) is 3.90. The maximum atomic E-state index is 13.9. The Morgan fingerprint density at radius 3 is 2.76 bits per heavy atom. The quantitative estimate of drug-likeness (QED) is 0.921. The first-order valence-corrected chi connectivity index (χ1v) is 6.41. The molecule has 0 spiro atoms. The van der Waals surface area contributed by atoms with Crippen LogP contribution in [0.5, 0.6) is 0 Å². The van der Waals surface area contributed by atoms with E-state index in [1.54, 1.807) is 0 Å². The second-order valence-corrected chi connectivity index (χ2v) is 4.86. The fraction of sp³-hybridized carbons (Fsp3) is 0.308. The highest BCUT2D eigenvalue weighted by Crippen LogP contribution is 2.28. The number of rotatable bonds is 3. The zero-order chi connectivity index (χ0) is 12.4. The number of benzene rings is 1. The number of aryl methyl sites for hydroxylation is 1. The number of fused-ring (bicyclic) bond motifs is 1. The Labute approximate surface area is 108 Å². The first-order valence-electron chi connectivity index (χ1n) is 5.62. The molecule has 0 aliphatic heterocycles. The largest absolute Gasteiger partial charge is 0.388 e. The summed E-state index contributed by atoms with van der Waals surface area (Å²) in [6.07, 6.45) is 1.86. The lowest BCUT2D eigenvalue weighted by atomic mass is 10.1. The van der Waals surface area contributed by atoms with Crippen LogP contribution < -0.4 is 5.32 Å². The highest BCUT2D eigenvalue weighted by molar-refractivity contribution is 9.10. The standard InChI is InChI=1S/C13H14BrFN2/c1-3-4-9-7-12(16-2)10-5-8(14)6-11(15)13(10)17-9/h5-7H,3-4H2,1-2H3,(H,16,17). The van der Waals surface area contributed by atoms with Crippen LogP contribution in [-0.4, -0.2) is 12.0 Å². The second kappa shape index (κ2) is 5.00. The van der Waals surface area contributed by atoms with Crippen molar-refractivity contribution in [1.82, 2.24) is 4.98 Å². The van der Waals surface area contributed by atoms with Crippen LogP contribution in [0.15, 0.2) is 22.7 Å². The monoisotopic (exact) mass is 296 g/mol. The lowest BCUT2D eigenvalue weighted by Gasteiger charge is -2.10. The van der Waals surface area contributed by atoms with E-state index in [-0.39, 0.29) is 5.82 Å². The summed E-state index contributed by atoms with van der Waals surface area (Å²) < 4.78 is 14.6. The molecule has 4 heteroatoms. The van der Waals surface area contributed by atoms with E-state index < -0.39 is 0 Å². The van der Waals surface area contributed by atoms with E-state index in [9.17, 15) is 4.39 Å². The molecule has 0 aliphatic rings. The molecule has 17 heavy (non-hydrogen) atoms. The average Bonchev–Trinajstić information content (AvgIpc) is 2.29. The van der Waals surface area contributed by atoms with Gasteiger partial charge >= 0.3 is 0 Å². The lowest BCUT2D eigenvalue weighted by Crippen LogP contribution is -1.98. The van der Waals surface area contributed by atoms with E-state index in [4.69, 9.17) is 0 Å². The van der Waals surface area contributed by atoms with Crippen molar-refractivity contribution in [3.63, 3.8) is 0 Å². The molecule has 1 aromatic heterocycles. The third-order valence-electron chi connectivity index (χ3n) is 2.66. The predicted octanol–water partition coefficient (Wildman–Crippen LogP) is 4.13. The summed E-state index contributed by atoms with van der Waals surface area (Å²) in [6, 6.07) is 5.31. The van der Waals surface area contributed by atoms with Crippen molar-refractivity contribution in [3.05, 3.63) is 34.2 Å². The summed E-state index contributed by atoms with van der Waals surface area (Å²) in [5.74, 6) is -0.288. The maximum absolute atomic E-state index is 13.9. The zero-order valence-electron chi connectivity index (χ0n) is 9.85. The summed E-state index contributed by atoms with van der Waals surface area (Å²) in [4.78, 5) is 4.38. The molecular weight excluding hydrogens is 283 g/mol. The number of pyridine rings is 1. The Bertz CT molecular complexity index is 555. The molecule has 1 aromatic carbocycles. The molecule has 2 rings (SSSR count). The number of hydrogen-bond donors (Lipinski definition) is 1. The molecule has 0 amide bonds. The summed E-state index contributed by atoms with van der Waals surface area (Å²) in [6.45, 7) is 2.09. The predicted molar refractivity (Wildman–Crippen MR) is 72.9 cm³/mol. The van der Waals surface area contributed by atoms with E-state index in [1.165, 1.54) is 6.07 Å². The molecule has 0 saturated heterocycles. The van der Waals surface area contributed by atoms with Crippen LogP contribution in [0.2, 0.25) is 0 Å². The molecule has 90 valence electrons. The van der Waals surface area contributed by atoms with E-state index >= 15 is 0 Å². The van der Waals surface area contributed by atoms with E-state index in [0.717, 1.165) is 34.1 Å². The van der Waals surface area contributed by atoms with E-state index in [2.05, 4.69) is 33.2 Å². The normalized spacial score (nSPS) is 10.8. The summed E-state index contributed by atoms with van der Waals surface area (Å²) in [5.41, 5.74) is 2.27. The molecule has 1 N–H and O–H groups in total. The van der Waals surface area contributed by atoms with Gasteiger partial charge in [0.1, 0.15) is 5.52 Å². The van der Waals surface area contributed by atoms with Gasteiger partial charge in [0.05, 0.1) is 0 Å².